The summed E-state index contributed by atoms with van der Waals surface area (Å²) in [6, 6.07) is 0.488. The first-order chi connectivity index (χ1) is 6.11. The van der Waals surface area contributed by atoms with Crippen LogP contribution in [0.1, 0.15) is 52.9 Å². The van der Waals surface area contributed by atoms with E-state index in [1.165, 1.54) is 32.1 Å². The average molecular weight is 183 g/mol. The van der Waals surface area contributed by atoms with Gasteiger partial charge in [0.05, 0.1) is 0 Å². The molecule has 0 bridgehead atoms. The summed E-state index contributed by atoms with van der Waals surface area (Å²) in [5, 5.41) is 0. The second-order valence-electron chi connectivity index (χ2n) is 5.22. The van der Waals surface area contributed by atoms with Crippen molar-refractivity contribution in [3.8, 4) is 0 Å². The van der Waals surface area contributed by atoms with Crippen LogP contribution < -0.4 is 5.73 Å². The first kappa shape index (κ1) is 11.0. The van der Waals surface area contributed by atoms with E-state index in [1.807, 2.05) is 0 Å². The minimum Gasteiger partial charge on any atom is -0.327 e. The van der Waals surface area contributed by atoms with Crippen LogP contribution in [0.4, 0.5) is 0 Å². The van der Waals surface area contributed by atoms with Gasteiger partial charge in [0, 0.05) is 6.04 Å². The van der Waals surface area contributed by atoms with Crippen molar-refractivity contribution in [2.45, 2.75) is 58.9 Å². The van der Waals surface area contributed by atoms with E-state index in [0.29, 0.717) is 6.04 Å². The van der Waals surface area contributed by atoms with Gasteiger partial charge in [-0.2, -0.15) is 0 Å². The zero-order valence-corrected chi connectivity index (χ0v) is 9.42. The van der Waals surface area contributed by atoms with Crippen LogP contribution in [0.25, 0.3) is 0 Å². The summed E-state index contributed by atoms with van der Waals surface area (Å²) in [7, 11) is 0. The summed E-state index contributed by atoms with van der Waals surface area (Å²) in [5.74, 6) is 2.45. The molecule has 0 aliphatic heterocycles. The highest BCUT2D eigenvalue weighted by Crippen LogP contribution is 2.32. The summed E-state index contributed by atoms with van der Waals surface area (Å²) >= 11 is 0. The summed E-state index contributed by atoms with van der Waals surface area (Å²) in [6.45, 7) is 7.01. The van der Waals surface area contributed by atoms with Crippen LogP contribution >= 0.6 is 0 Å². The van der Waals surface area contributed by atoms with Crippen LogP contribution in [0.2, 0.25) is 0 Å². The zero-order chi connectivity index (χ0) is 9.84. The fourth-order valence-electron chi connectivity index (χ4n) is 2.81. The van der Waals surface area contributed by atoms with Gasteiger partial charge < -0.3 is 5.73 Å². The van der Waals surface area contributed by atoms with Gasteiger partial charge >= 0.3 is 0 Å². The van der Waals surface area contributed by atoms with Gasteiger partial charge in [0.1, 0.15) is 0 Å². The normalized spacial score (nSPS) is 32.1. The minimum absolute atomic E-state index is 0.488. The molecule has 0 amide bonds. The van der Waals surface area contributed by atoms with Crippen molar-refractivity contribution in [2.24, 2.45) is 23.5 Å². The van der Waals surface area contributed by atoms with Crippen LogP contribution in [0.5, 0.6) is 0 Å². The molecule has 0 aromatic rings. The van der Waals surface area contributed by atoms with E-state index < -0.39 is 0 Å². The topological polar surface area (TPSA) is 26.0 Å². The molecule has 0 radical (unpaired) electrons. The summed E-state index contributed by atoms with van der Waals surface area (Å²) in [5.41, 5.74) is 6.16. The van der Waals surface area contributed by atoms with Gasteiger partial charge in [0.25, 0.3) is 0 Å². The van der Waals surface area contributed by atoms with Crippen molar-refractivity contribution >= 4 is 0 Å². The highest BCUT2D eigenvalue weighted by atomic mass is 14.7. The van der Waals surface area contributed by atoms with E-state index >= 15 is 0 Å². The third kappa shape index (κ3) is 3.30. The molecule has 3 unspecified atom stereocenters. The Labute approximate surface area is 83.1 Å². The lowest BCUT2D eigenvalue weighted by atomic mass is 9.75. The number of nitrogens with two attached hydrogens (primary N) is 1. The van der Waals surface area contributed by atoms with Gasteiger partial charge in [-0.25, -0.2) is 0 Å². The molecule has 13 heavy (non-hydrogen) atoms. The monoisotopic (exact) mass is 183 g/mol. The number of rotatable bonds is 3. The van der Waals surface area contributed by atoms with Crippen molar-refractivity contribution in [2.75, 3.05) is 0 Å². The molecule has 1 aliphatic carbocycles. The van der Waals surface area contributed by atoms with Gasteiger partial charge in [-0.15, -0.1) is 0 Å². The maximum atomic E-state index is 6.16. The summed E-state index contributed by atoms with van der Waals surface area (Å²) < 4.78 is 0. The lowest BCUT2D eigenvalue weighted by Gasteiger charge is -2.34. The molecule has 0 saturated heterocycles. The first-order valence-corrected chi connectivity index (χ1v) is 5.87. The second kappa shape index (κ2) is 4.99. The molecule has 0 aromatic carbocycles. The molecular weight excluding hydrogens is 158 g/mol. The fraction of sp³-hybridized carbons (Fsp3) is 1.00. The summed E-state index contributed by atoms with van der Waals surface area (Å²) in [6.07, 6.45) is 6.73. The second-order valence-corrected chi connectivity index (χ2v) is 5.22. The molecule has 2 N–H and O–H groups in total. The minimum atomic E-state index is 0.488. The molecular formula is C12H25N. The van der Waals surface area contributed by atoms with Gasteiger partial charge in [-0.3, -0.25) is 0 Å². The molecule has 0 spiro atoms. The molecule has 1 nitrogen and oxygen atoms in total. The van der Waals surface area contributed by atoms with Crippen LogP contribution in [0, 0.1) is 17.8 Å². The molecule has 78 valence electrons. The third-order valence-electron chi connectivity index (χ3n) is 3.45. The molecule has 1 saturated carbocycles. The van der Waals surface area contributed by atoms with Crippen molar-refractivity contribution in [1.82, 2.24) is 0 Å². The van der Waals surface area contributed by atoms with Gasteiger partial charge in [-0.1, -0.05) is 33.6 Å². The highest BCUT2D eigenvalue weighted by Gasteiger charge is 2.26. The fourth-order valence-corrected chi connectivity index (χ4v) is 2.81. The number of hydrogen-bond donors (Lipinski definition) is 1. The van der Waals surface area contributed by atoms with E-state index in [0.717, 1.165) is 17.8 Å². The van der Waals surface area contributed by atoms with Crippen LogP contribution in [-0.2, 0) is 0 Å². The van der Waals surface area contributed by atoms with Crippen LogP contribution in [0.15, 0.2) is 0 Å². The maximum absolute atomic E-state index is 6.16. The predicted octanol–water partition coefficient (Wildman–Crippen LogP) is 3.19. The molecule has 0 heterocycles. The Morgan fingerprint density at radius 3 is 2.31 bits per heavy atom. The SMILES string of the molecule is CC(C)CC(C)C1CCCCC1N. The van der Waals surface area contributed by atoms with Crippen molar-refractivity contribution in [1.29, 1.82) is 0 Å². The van der Waals surface area contributed by atoms with Crippen LogP contribution in [0.3, 0.4) is 0 Å². The molecule has 1 aliphatic rings. The van der Waals surface area contributed by atoms with Crippen molar-refractivity contribution in [3.05, 3.63) is 0 Å². The Balaban J connectivity index is 2.39. The van der Waals surface area contributed by atoms with E-state index in [2.05, 4.69) is 20.8 Å². The summed E-state index contributed by atoms with van der Waals surface area (Å²) in [4.78, 5) is 0. The molecule has 1 rings (SSSR count). The van der Waals surface area contributed by atoms with Crippen molar-refractivity contribution < 1.29 is 0 Å². The van der Waals surface area contributed by atoms with Crippen LogP contribution in [-0.4, -0.2) is 6.04 Å². The quantitative estimate of drug-likeness (QED) is 0.714. The largest absolute Gasteiger partial charge is 0.327 e. The van der Waals surface area contributed by atoms with E-state index in [4.69, 9.17) is 5.73 Å². The molecule has 3 atom stereocenters. The van der Waals surface area contributed by atoms with E-state index in [-0.39, 0.29) is 0 Å². The molecule has 1 fully saturated rings. The first-order valence-electron chi connectivity index (χ1n) is 5.87. The standard InChI is InChI=1S/C12H25N/c1-9(2)8-10(3)11-6-4-5-7-12(11)13/h9-12H,4-8,13H2,1-3H3. The van der Waals surface area contributed by atoms with E-state index in [1.54, 1.807) is 0 Å². The molecule has 1 heteroatoms. The zero-order valence-electron chi connectivity index (χ0n) is 9.42. The Kier molecular flexibility index (Phi) is 4.24. The average Bonchev–Trinajstić information content (AvgIpc) is 2.03. The van der Waals surface area contributed by atoms with E-state index in [9.17, 15) is 0 Å². The highest BCUT2D eigenvalue weighted by molar-refractivity contribution is 4.81. The molecule has 0 aromatic heterocycles. The van der Waals surface area contributed by atoms with Gasteiger partial charge in [0.15, 0.2) is 0 Å². The van der Waals surface area contributed by atoms with Gasteiger partial charge in [-0.05, 0) is 37.0 Å². The Bertz CT molecular complexity index is 142. The Morgan fingerprint density at radius 2 is 1.77 bits per heavy atom. The smallest absolute Gasteiger partial charge is 0.00697 e. The lowest BCUT2D eigenvalue weighted by molar-refractivity contribution is 0.204. The predicted molar refractivity (Wildman–Crippen MR) is 58.6 cm³/mol. The number of hydrogen-bond acceptors (Lipinski definition) is 1. The Hall–Kier alpha value is -0.0400. The Morgan fingerprint density at radius 1 is 1.15 bits per heavy atom. The maximum Gasteiger partial charge on any atom is 0.00697 e. The third-order valence-corrected chi connectivity index (χ3v) is 3.45. The van der Waals surface area contributed by atoms with Crippen molar-refractivity contribution in [3.63, 3.8) is 0 Å². The van der Waals surface area contributed by atoms with Gasteiger partial charge in [0.2, 0.25) is 0 Å². The lowest BCUT2D eigenvalue weighted by Crippen LogP contribution is -2.37.